The second-order valence-corrected chi connectivity index (χ2v) is 4.53. The van der Waals surface area contributed by atoms with Crippen molar-refractivity contribution in [2.45, 2.75) is 6.18 Å². The summed E-state index contributed by atoms with van der Waals surface area (Å²) in [7, 11) is 0. The first-order chi connectivity index (χ1) is 8.86. The average Bonchev–Trinajstić information content (AvgIpc) is 2.84. The highest BCUT2D eigenvalue weighted by molar-refractivity contribution is 7.13. The minimum atomic E-state index is -4.79. The first-order valence-corrected chi connectivity index (χ1v) is 5.80. The van der Waals surface area contributed by atoms with Gasteiger partial charge >= 0.3 is 6.18 Å². The molecule has 0 fully saturated rings. The van der Waals surface area contributed by atoms with E-state index in [-0.39, 0.29) is 5.69 Å². The summed E-state index contributed by atoms with van der Waals surface area (Å²) in [6, 6.07) is 5.13. The Morgan fingerprint density at radius 3 is 2.58 bits per heavy atom. The zero-order valence-corrected chi connectivity index (χ0v) is 10.0. The monoisotopic (exact) mass is 285 g/mol. The largest absolute Gasteiger partial charge is 0.417 e. The summed E-state index contributed by atoms with van der Waals surface area (Å²) in [6.07, 6.45) is -4.79. The van der Waals surface area contributed by atoms with Crippen LogP contribution in [0.5, 0.6) is 0 Å². The van der Waals surface area contributed by atoms with Crippen LogP contribution in [0.3, 0.4) is 0 Å². The molecule has 0 aliphatic heterocycles. The fourth-order valence-electron chi connectivity index (χ4n) is 1.57. The molecule has 2 aromatic heterocycles. The van der Waals surface area contributed by atoms with E-state index in [1.54, 1.807) is 11.4 Å². The number of nitriles is 1. The van der Waals surface area contributed by atoms with Crippen molar-refractivity contribution in [2.75, 3.05) is 5.84 Å². The molecule has 0 aliphatic rings. The van der Waals surface area contributed by atoms with Gasteiger partial charge in [0, 0.05) is 0 Å². The van der Waals surface area contributed by atoms with E-state index >= 15 is 0 Å². The van der Waals surface area contributed by atoms with Crippen LogP contribution >= 0.6 is 11.3 Å². The van der Waals surface area contributed by atoms with E-state index in [0.717, 1.165) is 11.3 Å². The molecule has 0 spiro atoms. The van der Waals surface area contributed by atoms with Crippen molar-refractivity contribution in [3.63, 3.8) is 0 Å². The SMILES string of the molecule is N#Cc1c(C(F)(F)F)cc(-c2cccs2)n(N)c1=O. The molecule has 0 radical (unpaired) electrons. The van der Waals surface area contributed by atoms with Crippen molar-refractivity contribution in [1.82, 2.24) is 4.68 Å². The normalized spacial score (nSPS) is 11.3. The number of aromatic nitrogens is 1. The number of pyridine rings is 1. The Hall–Kier alpha value is -2.27. The quantitative estimate of drug-likeness (QED) is 0.816. The molecule has 2 rings (SSSR count). The Bertz CT molecular complexity index is 711. The van der Waals surface area contributed by atoms with Gasteiger partial charge in [0.05, 0.1) is 16.1 Å². The molecule has 8 heteroatoms. The second kappa shape index (κ2) is 4.44. The lowest BCUT2D eigenvalue weighted by Gasteiger charge is -2.13. The molecular weight excluding hydrogens is 279 g/mol. The highest BCUT2D eigenvalue weighted by Gasteiger charge is 2.36. The van der Waals surface area contributed by atoms with E-state index < -0.39 is 22.9 Å². The molecule has 0 bridgehead atoms. The third kappa shape index (κ3) is 2.20. The number of nitrogens with two attached hydrogens (primary N) is 1. The fraction of sp³-hybridized carbons (Fsp3) is 0.0909. The molecule has 2 N–H and O–H groups in total. The van der Waals surface area contributed by atoms with E-state index in [2.05, 4.69) is 0 Å². The van der Waals surface area contributed by atoms with Crippen molar-refractivity contribution >= 4 is 11.3 Å². The van der Waals surface area contributed by atoms with Crippen LogP contribution in [0.25, 0.3) is 10.6 Å². The second-order valence-electron chi connectivity index (χ2n) is 3.58. The Kier molecular flexibility index (Phi) is 3.08. The van der Waals surface area contributed by atoms with E-state index in [0.29, 0.717) is 15.6 Å². The Labute approximate surface area is 109 Å². The van der Waals surface area contributed by atoms with Crippen LogP contribution in [0.15, 0.2) is 28.4 Å². The van der Waals surface area contributed by atoms with Gasteiger partial charge in [-0.2, -0.15) is 18.4 Å². The van der Waals surface area contributed by atoms with Gasteiger partial charge in [0.25, 0.3) is 5.56 Å². The van der Waals surface area contributed by atoms with Gasteiger partial charge in [0.2, 0.25) is 0 Å². The number of nitrogen functional groups attached to an aromatic ring is 1. The fourth-order valence-corrected chi connectivity index (χ4v) is 2.31. The average molecular weight is 285 g/mol. The molecule has 0 aromatic carbocycles. The highest BCUT2D eigenvalue weighted by atomic mass is 32.1. The zero-order chi connectivity index (χ0) is 14.2. The third-order valence-corrected chi connectivity index (χ3v) is 3.33. The van der Waals surface area contributed by atoms with Crippen LogP contribution in [0, 0.1) is 11.3 Å². The standard InChI is InChI=1S/C11H6F3N3OS/c12-11(13,14)7-4-8(9-2-1-3-19-9)17(16)10(18)6(7)5-15/h1-4H,16H2. The molecule has 4 nitrogen and oxygen atoms in total. The first kappa shape index (κ1) is 13.2. The summed E-state index contributed by atoms with van der Waals surface area (Å²) < 4.78 is 39.1. The smallest absolute Gasteiger partial charge is 0.336 e. The maximum atomic E-state index is 12.8. The molecule has 2 aromatic rings. The lowest BCUT2D eigenvalue weighted by atomic mass is 10.1. The lowest BCUT2D eigenvalue weighted by Crippen LogP contribution is -2.33. The maximum Gasteiger partial charge on any atom is 0.417 e. The van der Waals surface area contributed by atoms with Crippen molar-refractivity contribution < 1.29 is 13.2 Å². The van der Waals surface area contributed by atoms with E-state index in [9.17, 15) is 18.0 Å². The van der Waals surface area contributed by atoms with Crippen LogP contribution in [0.2, 0.25) is 0 Å². The van der Waals surface area contributed by atoms with Crippen molar-refractivity contribution in [3.05, 3.63) is 45.1 Å². The lowest BCUT2D eigenvalue weighted by molar-refractivity contribution is -0.137. The van der Waals surface area contributed by atoms with Gasteiger partial charge in [-0.1, -0.05) is 6.07 Å². The van der Waals surface area contributed by atoms with E-state index in [1.165, 1.54) is 12.1 Å². The number of hydrogen-bond acceptors (Lipinski definition) is 4. The van der Waals surface area contributed by atoms with Gasteiger partial charge in [0.1, 0.15) is 11.6 Å². The minimum absolute atomic E-state index is 0.0775. The number of halogens is 3. The molecule has 0 unspecified atom stereocenters. The predicted molar refractivity (Wildman–Crippen MR) is 63.9 cm³/mol. The van der Waals surface area contributed by atoms with Crippen LogP contribution in [-0.4, -0.2) is 4.68 Å². The van der Waals surface area contributed by atoms with Crippen molar-refractivity contribution in [2.24, 2.45) is 0 Å². The van der Waals surface area contributed by atoms with Gasteiger partial charge in [0.15, 0.2) is 0 Å². The summed E-state index contributed by atoms with van der Waals surface area (Å²) in [4.78, 5) is 12.1. The summed E-state index contributed by atoms with van der Waals surface area (Å²) in [6.45, 7) is 0. The first-order valence-electron chi connectivity index (χ1n) is 4.92. The third-order valence-electron chi connectivity index (χ3n) is 2.43. The van der Waals surface area contributed by atoms with Gasteiger partial charge in [-0.3, -0.25) is 4.79 Å². The summed E-state index contributed by atoms with van der Waals surface area (Å²) in [5.74, 6) is 5.45. The van der Waals surface area contributed by atoms with Crippen LogP contribution in [0.1, 0.15) is 11.1 Å². The Morgan fingerprint density at radius 2 is 2.11 bits per heavy atom. The van der Waals surface area contributed by atoms with E-state index in [4.69, 9.17) is 11.1 Å². The Balaban J connectivity index is 2.84. The number of alkyl halides is 3. The molecular formula is C11H6F3N3OS. The van der Waals surface area contributed by atoms with Gasteiger partial charge in [-0.15, -0.1) is 11.3 Å². The summed E-state index contributed by atoms with van der Waals surface area (Å²) in [5, 5.41) is 10.3. The summed E-state index contributed by atoms with van der Waals surface area (Å²) in [5.41, 5.74) is -3.52. The molecule has 0 saturated heterocycles. The molecule has 0 atom stereocenters. The highest BCUT2D eigenvalue weighted by Crippen LogP contribution is 2.33. The van der Waals surface area contributed by atoms with Crippen LogP contribution in [0.4, 0.5) is 13.2 Å². The Morgan fingerprint density at radius 1 is 1.42 bits per heavy atom. The van der Waals surface area contributed by atoms with Gasteiger partial charge < -0.3 is 5.84 Å². The molecule has 2 heterocycles. The van der Waals surface area contributed by atoms with Crippen LogP contribution in [-0.2, 0) is 6.18 Å². The number of rotatable bonds is 1. The minimum Gasteiger partial charge on any atom is -0.336 e. The maximum absolute atomic E-state index is 12.8. The van der Waals surface area contributed by atoms with Crippen molar-refractivity contribution in [1.29, 1.82) is 5.26 Å². The van der Waals surface area contributed by atoms with Crippen LogP contribution < -0.4 is 11.4 Å². The molecule has 0 amide bonds. The molecule has 0 saturated carbocycles. The van der Waals surface area contributed by atoms with Crippen molar-refractivity contribution in [3.8, 4) is 16.6 Å². The zero-order valence-electron chi connectivity index (χ0n) is 9.23. The predicted octanol–water partition coefficient (Wildman–Crippen LogP) is 2.18. The summed E-state index contributed by atoms with van der Waals surface area (Å²) >= 11 is 1.14. The number of thiophene rings is 1. The molecule has 19 heavy (non-hydrogen) atoms. The topological polar surface area (TPSA) is 71.8 Å². The van der Waals surface area contributed by atoms with Gasteiger partial charge in [-0.05, 0) is 17.5 Å². The molecule has 0 aliphatic carbocycles. The number of hydrogen-bond donors (Lipinski definition) is 1. The van der Waals surface area contributed by atoms with Gasteiger partial charge in [-0.25, -0.2) is 4.68 Å². The molecule has 98 valence electrons. The van der Waals surface area contributed by atoms with E-state index in [1.807, 2.05) is 0 Å². The number of nitrogens with zero attached hydrogens (tertiary/aromatic N) is 2.